The number of hydrogen-bond acceptors (Lipinski definition) is 2. The highest BCUT2D eigenvalue weighted by Gasteiger charge is 2.21. The Morgan fingerprint density at radius 1 is 0.439 bits per heavy atom. The number of rotatable bonds is 6. The number of benzene rings is 7. The molecule has 0 spiro atoms. The Hall–Kier alpha value is -5.34. The van der Waals surface area contributed by atoms with Gasteiger partial charge in [0.15, 0.2) is 0 Å². The Kier molecular flexibility index (Phi) is 6.42. The minimum Gasteiger partial charge on any atom is -0.497 e. The molecule has 0 aliphatic heterocycles. The van der Waals surface area contributed by atoms with Gasteiger partial charge in [-0.15, -0.1) is 0 Å². The van der Waals surface area contributed by atoms with Gasteiger partial charge >= 0.3 is 0 Å². The van der Waals surface area contributed by atoms with Crippen LogP contribution in [0.3, 0.4) is 0 Å². The number of nitrogens with zero attached hydrogens (tertiary/aromatic N) is 1. The second kappa shape index (κ2) is 10.7. The normalized spacial score (nSPS) is 11.0. The van der Waals surface area contributed by atoms with E-state index < -0.39 is 0 Å². The summed E-state index contributed by atoms with van der Waals surface area (Å²) in [6, 6.07) is 56.1. The van der Waals surface area contributed by atoms with E-state index in [4.69, 9.17) is 4.74 Å². The molecule has 2 nitrogen and oxygen atoms in total. The molecule has 41 heavy (non-hydrogen) atoms. The Balaban J connectivity index is 1.50. The molecule has 0 heterocycles. The Morgan fingerprint density at radius 2 is 1.00 bits per heavy atom. The molecule has 196 valence electrons. The van der Waals surface area contributed by atoms with Crippen LogP contribution in [0.25, 0.3) is 43.8 Å². The van der Waals surface area contributed by atoms with Gasteiger partial charge in [0.05, 0.1) is 12.8 Å². The second-order valence-corrected chi connectivity index (χ2v) is 10.2. The first-order valence-corrected chi connectivity index (χ1v) is 13.9. The molecule has 7 aromatic carbocycles. The van der Waals surface area contributed by atoms with Gasteiger partial charge in [0, 0.05) is 16.9 Å². The van der Waals surface area contributed by atoms with E-state index in [9.17, 15) is 0 Å². The largest absolute Gasteiger partial charge is 0.497 e. The molecule has 0 aliphatic carbocycles. The van der Waals surface area contributed by atoms with Crippen molar-refractivity contribution < 1.29 is 4.74 Å². The van der Waals surface area contributed by atoms with Gasteiger partial charge in [-0.05, 0) is 80.7 Å². The molecular formula is C39H29NO. The molecule has 0 fully saturated rings. The van der Waals surface area contributed by atoms with Crippen molar-refractivity contribution >= 4 is 38.6 Å². The first kappa shape index (κ1) is 24.7. The molecule has 0 atom stereocenters. The van der Waals surface area contributed by atoms with Crippen molar-refractivity contribution in [2.24, 2.45) is 0 Å². The van der Waals surface area contributed by atoms with Crippen molar-refractivity contribution in [1.82, 2.24) is 0 Å². The average Bonchev–Trinajstić information content (AvgIpc) is 3.05. The maximum absolute atomic E-state index is 5.51. The van der Waals surface area contributed by atoms with Crippen LogP contribution >= 0.6 is 0 Å². The molecule has 0 amide bonds. The summed E-state index contributed by atoms with van der Waals surface area (Å²) in [7, 11) is 1.71. The van der Waals surface area contributed by atoms with Crippen LogP contribution in [-0.2, 0) is 0 Å². The Labute approximate surface area is 240 Å². The molecule has 0 aliphatic rings. The third-order valence-corrected chi connectivity index (χ3v) is 7.77. The maximum Gasteiger partial charge on any atom is 0.119 e. The first-order chi connectivity index (χ1) is 20.3. The minimum absolute atomic E-state index is 0.834. The number of hydrogen-bond donors (Lipinski definition) is 0. The fourth-order valence-corrected chi connectivity index (χ4v) is 5.76. The van der Waals surface area contributed by atoms with Crippen LogP contribution in [0.2, 0.25) is 0 Å². The SMILES string of the molecule is COc1ccc(N(c2ccc(-c3ccccc3)cc2)c2ccc3ccccc3c2-c2cccc3ccccc23)cc1. The Morgan fingerprint density at radius 3 is 1.71 bits per heavy atom. The van der Waals surface area contributed by atoms with Crippen LogP contribution in [-0.4, -0.2) is 7.11 Å². The number of anilines is 3. The van der Waals surface area contributed by atoms with Crippen LogP contribution in [0.4, 0.5) is 17.1 Å². The molecular weight excluding hydrogens is 498 g/mol. The van der Waals surface area contributed by atoms with E-state index in [1.807, 2.05) is 12.1 Å². The summed E-state index contributed by atoms with van der Waals surface area (Å²) in [4.78, 5) is 2.36. The minimum atomic E-state index is 0.834. The first-order valence-electron chi connectivity index (χ1n) is 13.9. The summed E-state index contributed by atoms with van der Waals surface area (Å²) < 4.78 is 5.51. The summed E-state index contributed by atoms with van der Waals surface area (Å²) in [6.45, 7) is 0. The van der Waals surface area contributed by atoms with Crippen LogP contribution in [0.15, 0.2) is 158 Å². The van der Waals surface area contributed by atoms with Gasteiger partial charge < -0.3 is 9.64 Å². The number of ether oxygens (including phenoxy) is 1. The molecule has 0 N–H and O–H groups in total. The zero-order valence-electron chi connectivity index (χ0n) is 22.9. The molecule has 0 aromatic heterocycles. The predicted molar refractivity (Wildman–Crippen MR) is 174 cm³/mol. The van der Waals surface area contributed by atoms with Gasteiger partial charge in [-0.25, -0.2) is 0 Å². The van der Waals surface area contributed by atoms with Crippen molar-refractivity contribution in [3.63, 3.8) is 0 Å². The third kappa shape index (κ3) is 4.60. The molecule has 2 heteroatoms. The zero-order chi connectivity index (χ0) is 27.6. The van der Waals surface area contributed by atoms with Crippen molar-refractivity contribution in [2.45, 2.75) is 0 Å². The topological polar surface area (TPSA) is 12.5 Å². The molecule has 0 radical (unpaired) electrons. The summed E-state index contributed by atoms with van der Waals surface area (Å²) >= 11 is 0. The third-order valence-electron chi connectivity index (χ3n) is 7.77. The van der Waals surface area contributed by atoms with Gasteiger partial charge in [-0.2, -0.15) is 0 Å². The quantitative estimate of drug-likeness (QED) is 0.213. The predicted octanol–water partition coefficient (Wildman–Crippen LogP) is 10.8. The van der Waals surface area contributed by atoms with E-state index in [0.717, 1.165) is 22.8 Å². The van der Waals surface area contributed by atoms with Crippen LogP contribution in [0.1, 0.15) is 0 Å². The van der Waals surface area contributed by atoms with Crippen molar-refractivity contribution in [3.8, 4) is 28.0 Å². The van der Waals surface area contributed by atoms with E-state index in [2.05, 4.69) is 150 Å². The standard InChI is InChI=1S/C39H29NO/c1-41-34-25-23-33(24-26-34)40(32-21-18-29(19-22-32)28-10-3-2-4-11-28)38-27-20-31-13-6-8-16-36(31)39(38)37-17-9-14-30-12-5-7-15-35(30)37/h2-27H,1H3. The molecule has 0 saturated carbocycles. The lowest BCUT2D eigenvalue weighted by Gasteiger charge is -2.29. The van der Waals surface area contributed by atoms with E-state index in [1.165, 1.54) is 43.8 Å². The highest BCUT2D eigenvalue weighted by atomic mass is 16.5. The van der Waals surface area contributed by atoms with Crippen molar-refractivity contribution in [1.29, 1.82) is 0 Å². The smallest absolute Gasteiger partial charge is 0.119 e. The lowest BCUT2D eigenvalue weighted by atomic mass is 9.91. The van der Waals surface area contributed by atoms with Crippen LogP contribution in [0, 0.1) is 0 Å². The van der Waals surface area contributed by atoms with E-state index in [0.29, 0.717) is 0 Å². The second-order valence-electron chi connectivity index (χ2n) is 10.2. The summed E-state index contributed by atoms with van der Waals surface area (Å²) in [6.07, 6.45) is 0. The highest BCUT2D eigenvalue weighted by Crippen LogP contribution is 2.46. The van der Waals surface area contributed by atoms with Crippen LogP contribution in [0.5, 0.6) is 5.75 Å². The van der Waals surface area contributed by atoms with E-state index >= 15 is 0 Å². The summed E-state index contributed by atoms with van der Waals surface area (Å²) in [5, 5.41) is 4.91. The van der Waals surface area contributed by atoms with Crippen LogP contribution < -0.4 is 9.64 Å². The number of fused-ring (bicyclic) bond motifs is 2. The molecule has 7 rings (SSSR count). The van der Waals surface area contributed by atoms with Gasteiger partial charge in [0.2, 0.25) is 0 Å². The van der Waals surface area contributed by atoms with E-state index in [1.54, 1.807) is 7.11 Å². The van der Waals surface area contributed by atoms with Gasteiger partial charge in [0.1, 0.15) is 5.75 Å². The molecule has 0 unspecified atom stereocenters. The van der Waals surface area contributed by atoms with Gasteiger partial charge in [-0.3, -0.25) is 0 Å². The highest BCUT2D eigenvalue weighted by molar-refractivity contribution is 6.11. The van der Waals surface area contributed by atoms with E-state index in [-0.39, 0.29) is 0 Å². The molecule has 7 aromatic rings. The number of methoxy groups -OCH3 is 1. The fourth-order valence-electron chi connectivity index (χ4n) is 5.76. The molecule has 0 saturated heterocycles. The van der Waals surface area contributed by atoms with Crippen molar-refractivity contribution in [3.05, 3.63) is 158 Å². The Bertz CT molecular complexity index is 1950. The zero-order valence-corrected chi connectivity index (χ0v) is 22.9. The fraction of sp³-hybridized carbons (Fsp3) is 0.0256. The van der Waals surface area contributed by atoms with Gasteiger partial charge in [0.25, 0.3) is 0 Å². The lowest BCUT2D eigenvalue weighted by molar-refractivity contribution is 0.415. The molecule has 0 bridgehead atoms. The van der Waals surface area contributed by atoms with Crippen molar-refractivity contribution in [2.75, 3.05) is 12.0 Å². The van der Waals surface area contributed by atoms with Gasteiger partial charge in [-0.1, -0.05) is 115 Å². The summed E-state index contributed by atoms with van der Waals surface area (Å²) in [5.41, 5.74) is 8.10. The maximum atomic E-state index is 5.51. The monoisotopic (exact) mass is 527 g/mol. The lowest BCUT2D eigenvalue weighted by Crippen LogP contribution is -2.11. The average molecular weight is 528 g/mol. The summed E-state index contributed by atoms with van der Waals surface area (Å²) in [5.74, 6) is 0.834.